The fraction of sp³-hybridized carbons (Fsp3) is 0.500. The Morgan fingerprint density at radius 1 is 1.47 bits per heavy atom. The first-order valence-corrected chi connectivity index (χ1v) is 6.48. The van der Waals surface area contributed by atoms with Crippen LogP contribution in [0.25, 0.3) is 0 Å². The summed E-state index contributed by atoms with van der Waals surface area (Å²) in [4.78, 5) is 12.1. The average Bonchev–Trinajstić information content (AvgIpc) is 2.42. The summed E-state index contributed by atoms with van der Waals surface area (Å²) in [7, 11) is 1.51. The molecule has 1 saturated heterocycles. The topological polar surface area (TPSA) is 50.4 Å². The molecule has 2 atom stereocenters. The Morgan fingerprint density at radius 3 is 2.89 bits per heavy atom. The van der Waals surface area contributed by atoms with Gasteiger partial charge in [0.15, 0.2) is 0 Å². The van der Waals surface area contributed by atoms with Crippen molar-refractivity contribution in [2.75, 3.05) is 19.0 Å². The lowest BCUT2D eigenvalue weighted by Gasteiger charge is -2.26. The van der Waals surface area contributed by atoms with Crippen molar-refractivity contribution in [2.45, 2.75) is 25.8 Å². The highest BCUT2D eigenvalue weighted by Gasteiger charge is 2.24. The molecule has 104 valence electrons. The summed E-state index contributed by atoms with van der Waals surface area (Å²) in [6, 6.07) is 4.74. The molecule has 19 heavy (non-hydrogen) atoms. The van der Waals surface area contributed by atoms with Gasteiger partial charge in [0.1, 0.15) is 11.6 Å². The molecule has 1 aliphatic rings. The molecule has 2 N–H and O–H groups in total. The van der Waals surface area contributed by atoms with Crippen LogP contribution in [0.5, 0.6) is 5.75 Å². The number of anilines is 1. The first-order valence-electron chi connectivity index (χ1n) is 6.48. The number of carbonyl (C=O) groups is 1. The summed E-state index contributed by atoms with van der Waals surface area (Å²) < 4.78 is 18.6. The smallest absolute Gasteiger partial charge is 0.228 e. The number of hydrogen-bond donors (Lipinski definition) is 2. The van der Waals surface area contributed by atoms with Crippen LogP contribution in [-0.4, -0.2) is 25.6 Å². The van der Waals surface area contributed by atoms with Gasteiger partial charge in [-0.15, -0.1) is 0 Å². The van der Waals surface area contributed by atoms with Crippen LogP contribution in [0.4, 0.5) is 10.1 Å². The normalized spacial score (nSPS) is 22.9. The number of carbonyl (C=O) groups excluding carboxylic acids is 1. The molecule has 0 aromatic heterocycles. The van der Waals surface area contributed by atoms with Gasteiger partial charge in [-0.05, 0) is 31.9 Å². The Morgan fingerprint density at radius 2 is 2.26 bits per heavy atom. The molecule has 1 aliphatic heterocycles. The largest absolute Gasteiger partial charge is 0.497 e. The summed E-state index contributed by atoms with van der Waals surface area (Å²) in [6.07, 6.45) is 1.78. The lowest BCUT2D eigenvalue weighted by atomic mass is 9.95. The van der Waals surface area contributed by atoms with Crippen molar-refractivity contribution in [3.8, 4) is 5.75 Å². The van der Waals surface area contributed by atoms with Crippen molar-refractivity contribution in [1.82, 2.24) is 5.32 Å². The number of rotatable bonds is 3. The van der Waals surface area contributed by atoms with E-state index in [9.17, 15) is 9.18 Å². The van der Waals surface area contributed by atoms with Crippen LogP contribution in [0.15, 0.2) is 18.2 Å². The molecular weight excluding hydrogens is 247 g/mol. The molecule has 5 heteroatoms. The minimum absolute atomic E-state index is 0.109. The van der Waals surface area contributed by atoms with E-state index >= 15 is 0 Å². The van der Waals surface area contributed by atoms with Gasteiger partial charge in [0.25, 0.3) is 0 Å². The highest BCUT2D eigenvalue weighted by Crippen LogP contribution is 2.23. The number of halogens is 1. The molecule has 1 amide bonds. The van der Waals surface area contributed by atoms with Crippen LogP contribution in [-0.2, 0) is 4.79 Å². The lowest BCUT2D eigenvalue weighted by molar-refractivity contribution is -0.120. The zero-order valence-corrected chi connectivity index (χ0v) is 11.2. The van der Waals surface area contributed by atoms with Gasteiger partial charge in [0, 0.05) is 18.7 Å². The third-order valence-electron chi connectivity index (χ3n) is 3.46. The Hall–Kier alpha value is -1.62. The van der Waals surface area contributed by atoms with Gasteiger partial charge in [-0.3, -0.25) is 4.79 Å². The molecular formula is C14H19FN2O2. The molecule has 1 aromatic rings. The van der Waals surface area contributed by atoms with Crippen LogP contribution < -0.4 is 15.4 Å². The Kier molecular flexibility index (Phi) is 4.37. The van der Waals surface area contributed by atoms with E-state index in [1.807, 2.05) is 0 Å². The maximum absolute atomic E-state index is 13.6. The van der Waals surface area contributed by atoms with Gasteiger partial charge in [0.05, 0.1) is 18.7 Å². The number of amides is 1. The van der Waals surface area contributed by atoms with E-state index in [4.69, 9.17) is 4.74 Å². The molecule has 2 unspecified atom stereocenters. The van der Waals surface area contributed by atoms with Crippen molar-refractivity contribution in [2.24, 2.45) is 5.92 Å². The Balaban J connectivity index is 2.02. The van der Waals surface area contributed by atoms with Crippen LogP contribution in [0, 0.1) is 11.7 Å². The van der Waals surface area contributed by atoms with E-state index in [-0.39, 0.29) is 17.5 Å². The molecule has 1 aromatic carbocycles. The first kappa shape index (κ1) is 13.8. The van der Waals surface area contributed by atoms with E-state index in [1.165, 1.54) is 25.3 Å². The number of benzene rings is 1. The van der Waals surface area contributed by atoms with E-state index in [0.717, 1.165) is 12.8 Å². The predicted octanol–water partition coefficient (Wildman–Crippen LogP) is 2.16. The minimum atomic E-state index is -0.453. The summed E-state index contributed by atoms with van der Waals surface area (Å²) in [5.74, 6) is -0.188. The highest BCUT2D eigenvalue weighted by atomic mass is 19.1. The Labute approximate surface area is 112 Å². The number of nitrogens with one attached hydrogen (secondary N) is 2. The Bertz CT molecular complexity index is 457. The van der Waals surface area contributed by atoms with Gasteiger partial charge in [-0.25, -0.2) is 4.39 Å². The number of ether oxygens (including phenoxy) is 1. The van der Waals surface area contributed by atoms with Crippen LogP contribution >= 0.6 is 0 Å². The average molecular weight is 266 g/mol. The molecule has 0 saturated carbocycles. The minimum Gasteiger partial charge on any atom is -0.497 e. The molecule has 2 rings (SSSR count). The standard InChI is InChI=1S/C14H19FN2O2/c1-9-3-4-10(8-16-9)14(18)17-13-7-11(19-2)5-6-12(13)15/h5-7,9-10,16H,3-4,8H2,1-2H3,(H,17,18). The number of piperidine rings is 1. The summed E-state index contributed by atoms with van der Waals surface area (Å²) in [5, 5.41) is 5.89. The molecule has 4 nitrogen and oxygen atoms in total. The van der Waals surface area contributed by atoms with Crippen molar-refractivity contribution < 1.29 is 13.9 Å². The lowest BCUT2D eigenvalue weighted by Crippen LogP contribution is -2.41. The third-order valence-corrected chi connectivity index (χ3v) is 3.46. The molecule has 0 aliphatic carbocycles. The first-order chi connectivity index (χ1) is 9.10. The SMILES string of the molecule is COc1ccc(F)c(NC(=O)C2CCC(C)NC2)c1. The summed E-state index contributed by atoms with van der Waals surface area (Å²) in [6.45, 7) is 2.73. The number of hydrogen-bond acceptors (Lipinski definition) is 3. The monoisotopic (exact) mass is 266 g/mol. The fourth-order valence-corrected chi connectivity index (χ4v) is 2.18. The van der Waals surface area contributed by atoms with E-state index in [1.54, 1.807) is 0 Å². The zero-order chi connectivity index (χ0) is 13.8. The van der Waals surface area contributed by atoms with E-state index < -0.39 is 5.82 Å². The highest BCUT2D eigenvalue weighted by molar-refractivity contribution is 5.93. The van der Waals surface area contributed by atoms with Crippen LogP contribution in [0.1, 0.15) is 19.8 Å². The second kappa shape index (κ2) is 6.02. The summed E-state index contributed by atoms with van der Waals surface area (Å²) >= 11 is 0. The predicted molar refractivity (Wildman–Crippen MR) is 71.8 cm³/mol. The second-order valence-electron chi connectivity index (χ2n) is 4.92. The molecule has 1 heterocycles. The van der Waals surface area contributed by atoms with Crippen LogP contribution in [0.3, 0.4) is 0 Å². The molecule has 1 fully saturated rings. The zero-order valence-electron chi connectivity index (χ0n) is 11.2. The molecule has 0 bridgehead atoms. The van der Waals surface area contributed by atoms with Gasteiger partial charge in [0.2, 0.25) is 5.91 Å². The molecule has 0 spiro atoms. The van der Waals surface area contributed by atoms with Gasteiger partial charge >= 0.3 is 0 Å². The number of methoxy groups -OCH3 is 1. The van der Waals surface area contributed by atoms with Gasteiger partial charge < -0.3 is 15.4 Å². The van der Waals surface area contributed by atoms with Crippen molar-refractivity contribution in [1.29, 1.82) is 0 Å². The quantitative estimate of drug-likeness (QED) is 0.881. The fourth-order valence-electron chi connectivity index (χ4n) is 2.18. The van der Waals surface area contributed by atoms with Crippen molar-refractivity contribution >= 4 is 11.6 Å². The van der Waals surface area contributed by atoms with Crippen molar-refractivity contribution in [3.05, 3.63) is 24.0 Å². The molecule has 0 radical (unpaired) electrons. The van der Waals surface area contributed by atoms with Crippen molar-refractivity contribution in [3.63, 3.8) is 0 Å². The maximum atomic E-state index is 13.6. The van der Waals surface area contributed by atoms with E-state index in [0.29, 0.717) is 18.3 Å². The van der Waals surface area contributed by atoms with E-state index in [2.05, 4.69) is 17.6 Å². The maximum Gasteiger partial charge on any atom is 0.228 e. The summed E-state index contributed by atoms with van der Waals surface area (Å²) in [5.41, 5.74) is 0.169. The van der Waals surface area contributed by atoms with Gasteiger partial charge in [-0.2, -0.15) is 0 Å². The van der Waals surface area contributed by atoms with Gasteiger partial charge in [-0.1, -0.05) is 0 Å². The van der Waals surface area contributed by atoms with Crippen LogP contribution in [0.2, 0.25) is 0 Å². The third kappa shape index (κ3) is 3.44. The second-order valence-corrected chi connectivity index (χ2v) is 4.92.